The van der Waals surface area contributed by atoms with Crippen LogP contribution in [0.2, 0.25) is 0 Å². The third-order valence-corrected chi connectivity index (χ3v) is 8.55. The Hall–Kier alpha value is -2.63. The van der Waals surface area contributed by atoms with E-state index in [9.17, 15) is 18.0 Å². The number of rotatable bonds is 4. The van der Waals surface area contributed by atoms with Crippen molar-refractivity contribution in [2.75, 3.05) is 39.3 Å². The van der Waals surface area contributed by atoms with Crippen LogP contribution < -0.4 is 0 Å². The summed E-state index contributed by atoms with van der Waals surface area (Å²) >= 11 is 0. The van der Waals surface area contributed by atoms with Gasteiger partial charge in [-0.2, -0.15) is 23.4 Å². The number of amides is 2. The van der Waals surface area contributed by atoms with Gasteiger partial charge in [0.25, 0.3) is 0 Å². The van der Waals surface area contributed by atoms with Crippen molar-refractivity contribution in [1.29, 1.82) is 0 Å². The Morgan fingerprint density at radius 1 is 1.03 bits per heavy atom. The molecule has 0 bridgehead atoms. The van der Waals surface area contributed by atoms with Crippen molar-refractivity contribution >= 4 is 6.03 Å². The molecule has 0 aromatic carbocycles. The van der Waals surface area contributed by atoms with Gasteiger partial charge in [-0.05, 0) is 31.7 Å². The molecular formula is C23H29F3N8O. The highest BCUT2D eigenvalue weighted by Gasteiger charge is 2.58. The first kappa shape index (κ1) is 21.6. The molecule has 188 valence electrons. The predicted molar refractivity (Wildman–Crippen MR) is 117 cm³/mol. The Balaban J connectivity index is 0.850. The molecule has 0 N–H and O–H groups in total. The van der Waals surface area contributed by atoms with Gasteiger partial charge in [-0.15, -0.1) is 0 Å². The summed E-state index contributed by atoms with van der Waals surface area (Å²) in [5.41, 5.74) is 0.0481. The second kappa shape index (κ2) is 6.98. The Morgan fingerprint density at radius 2 is 1.69 bits per heavy atom. The summed E-state index contributed by atoms with van der Waals surface area (Å²) in [6.07, 6.45) is 2.02. The summed E-state index contributed by atoms with van der Waals surface area (Å²) in [5, 5.41) is 8.67. The third-order valence-electron chi connectivity index (χ3n) is 8.55. The van der Waals surface area contributed by atoms with Crippen LogP contribution in [-0.2, 0) is 19.8 Å². The van der Waals surface area contributed by atoms with Crippen LogP contribution >= 0.6 is 0 Å². The largest absolute Gasteiger partial charge is 0.433 e. The number of alkyl halides is 3. The van der Waals surface area contributed by atoms with Crippen LogP contribution in [-0.4, -0.2) is 84.5 Å². The van der Waals surface area contributed by atoms with E-state index in [-0.39, 0.29) is 16.9 Å². The normalized spacial score (nSPS) is 25.4. The molecule has 2 spiro atoms. The molecule has 2 saturated carbocycles. The number of urea groups is 1. The molecule has 3 aliphatic heterocycles. The van der Waals surface area contributed by atoms with E-state index < -0.39 is 11.9 Å². The summed E-state index contributed by atoms with van der Waals surface area (Å²) in [7, 11) is 1.32. The second-order valence-corrected chi connectivity index (χ2v) is 11.7. The number of aryl methyl sites for hydroxylation is 1. The van der Waals surface area contributed by atoms with Gasteiger partial charge in [0.1, 0.15) is 12.0 Å². The van der Waals surface area contributed by atoms with Crippen molar-refractivity contribution < 1.29 is 18.0 Å². The van der Waals surface area contributed by atoms with Crippen LogP contribution in [0.4, 0.5) is 18.0 Å². The van der Waals surface area contributed by atoms with Gasteiger partial charge in [0, 0.05) is 69.6 Å². The lowest BCUT2D eigenvalue weighted by molar-refractivity contribution is -0.143. The van der Waals surface area contributed by atoms with Crippen molar-refractivity contribution in [2.24, 2.45) is 17.9 Å². The van der Waals surface area contributed by atoms with Gasteiger partial charge in [0.05, 0.1) is 11.7 Å². The average molecular weight is 491 g/mol. The number of hydrogen-bond acceptors (Lipinski definition) is 5. The van der Waals surface area contributed by atoms with Crippen molar-refractivity contribution in [2.45, 2.75) is 50.4 Å². The highest BCUT2D eigenvalue weighted by Crippen LogP contribution is 2.54. The maximum atomic E-state index is 13.0. The van der Waals surface area contributed by atoms with Gasteiger partial charge in [-0.1, -0.05) is 0 Å². The zero-order chi connectivity index (χ0) is 24.2. The first-order chi connectivity index (χ1) is 16.6. The summed E-state index contributed by atoms with van der Waals surface area (Å²) in [4.78, 5) is 23.3. The van der Waals surface area contributed by atoms with E-state index in [0.717, 1.165) is 68.7 Å². The molecule has 0 unspecified atom stereocenters. The highest BCUT2D eigenvalue weighted by molar-refractivity contribution is 5.77. The summed E-state index contributed by atoms with van der Waals surface area (Å²) in [5.74, 6) is 1.56. The fourth-order valence-corrected chi connectivity index (χ4v) is 6.69. The average Bonchev–Trinajstić information content (AvgIpc) is 3.28. The van der Waals surface area contributed by atoms with Crippen LogP contribution in [0.25, 0.3) is 0 Å². The van der Waals surface area contributed by atoms with E-state index in [4.69, 9.17) is 0 Å². The molecule has 9 nitrogen and oxygen atoms in total. The Labute approximate surface area is 200 Å². The van der Waals surface area contributed by atoms with E-state index >= 15 is 0 Å². The van der Waals surface area contributed by atoms with Crippen molar-refractivity contribution in [3.05, 3.63) is 29.6 Å². The van der Waals surface area contributed by atoms with Gasteiger partial charge < -0.3 is 9.80 Å². The molecule has 3 saturated heterocycles. The molecule has 5 fully saturated rings. The molecule has 35 heavy (non-hydrogen) atoms. The molecule has 2 aromatic rings. The standard InChI is InChI=1S/C23H29F3N8O/c1-30-18(23(24,25)26)4-16(28-30)7-31-8-22(9-31)12-33(13-22)20(35)32-10-21(11-32)5-17(6-21)34-14-27-19(29-34)15-2-3-15/h4,14-15,17H,2-3,5-13H2,1H3. The molecule has 0 atom stereocenters. The van der Waals surface area contributed by atoms with E-state index in [2.05, 4.69) is 20.1 Å². The van der Waals surface area contributed by atoms with E-state index in [0.29, 0.717) is 24.2 Å². The predicted octanol–water partition coefficient (Wildman–Crippen LogP) is 2.48. The molecule has 2 aromatic heterocycles. The fourth-order valence-electron chi connectivity index (χ4n) is 6.69. The zero-order valence-corrected chi connectivity index (χ0v) is 19.7. The van der Waals surface area contributed by atoms with Gasteiger partial charge >= 0.3 is 12.2 Å². The number of hydrogen-bond donors (Lipinski definition) is 0. The number of likely N-dealkylation sites (tertiary alicyclic amines) is 3. The van der Waals surface area contributed by atoms with Gasteiger partial charge in [-0.25, -0.2) is 14.5 Å². The van der Waals surface area contributed by atoms with Crippen LogP contribution in [0.1, 0.15) is 54.9 Å². The van der Waals surface area contributed by atoms with Crippen molar-refractivity contribution in [1.82, 2.24) is 39.2 Å². The van der Waals surface area contributed by atoms with Gasteiger partial charge in [0.2, 0.25) is 0 Å². The lowest BCUT2D eigenvalue weighted by Crippen LogP contribution is -2.75. The Bertz CT molecular complexity index is 1160. The molecule has 12 heteroatoms. The lowest BCUT2D eigenvalue weighted by atomic mass is 9.60. The molecule has 2 amide bonds. The van der Waals surface area contributed by atoms with E-state index in [1.54, 1.807) is 0 Å². The third kappa shape index (κ3) is 3.54. The quantitative estimate of drug-likeness (QED) is 0.659. The van der Waals surface area contributed by atoms with E-state index in [1.165, 1.54) is 19.9 Å². The molecule has 0 radical (unpaired) electrons. The number of carbonyl (C=O) groups is 1. The lowest BCUT2D eigenvalue weighted by Gasteiger charge is -2.63. The molecular weight excluding hydrogens is 461 g/mol. The molecule has 2 aliphatic carbocycles. The zero-order valence-electron chi connectivity index (χ0n) is 19.7. The highest BCUT2D eigenvalue weighted by atomic mass is 19.4. The smallest absolute Gasteiger partial charge is 0.323 e. The topological polar surface area (TPSA) is 75.3 Å². The van der Waals surface area contributed by atoms with Gasteiger partial charge in [-0.3, -0.25) is 9.58 Å². The minimum absolute atomic E-state index is 0.0910. The van der Waals surface area contributed by atoms with Gasteiger partial charge in [0.15, 0.2) is 5.82 Å². The number of aromatic nitrogens is 5. The maximum Gasteiger partial charge on any atom is 0.433 e. The Kier molecular flexibility index (Phi) is 4.32. The minimum Gasteiger partial charge on any atom is -0.323 e. The summed E-state index contributed by atoms with van der Waals surface area (Å²) < 4.78 is 41.9. The SMILES string of the molecule is Cn1nc(CN2CC3(C2)CN(C(=O)N2CC4(CC(n5cnc(C6CC6)n5)C4)C2)C3)cc1C(F)(F)F. The molecule has 7 rings (SSSR count). The monoisotopic (exact) mass is 490 g/mol. The summed E-state index contributed by atoms with van der Waals surface area (Å²) in [6, 6.07) is 1.66. The molecule has 5 aliphatic rings. The van der Waals surface area contributed by atoms with Crippen LogP contribution in [0.3, 0.4) is 0 Å². The van der Waals surface area contributed by atoms with Crippen LogP contribution in [0.5, 0.6) is 0 Å². The van der Waals surface area contributed by atoms with Crippen molar-refractivity contribution in [3.8, 4) is 0 Å². The fraction of sp³-hybridized carbons (Fsp3) is 0.739. The van der Waals surface area contributed by atoms with Crippen LogP contribution in [0.15, 0.2) is 12.4 Å². The van der Waals surface area contributed by atoms with E-state index in [1.807, 2.05) is 20.8 Å². The Morgan fingerprint density at radius 3 is 2.29 bits per heavy atom. The second-order valence-electron chi connectivity index (χ2n) is 11.7. The number of carbonyl (C=O) groups excluding carboxylic acids is 1. The van der Waals surface area contributed by atoms with Crippen LogP contribution in [0, 0.1) is 10.8 Å². The first-order valence-corrected chi connectivity index (χ1v) is 12.4. The summed E-state index contributed by atoms with van der Waals surface area (Å²) in [6.45, 7) is 5.10. The molecule has 5 heterocycles. The van der Waals surface area contributed by atoms with Crippen molar-refractivity contribution in [3.63, 3.8) is 0 Å². The number of nitrogens with zero attached hydrogens (tertiary/aromatic N) is 8. The number of halogens is 3. The first-order valence-electron chi connectivity index (χ1n) is 12.4. The maximum absolute atomic E-state index is 13.0. The minimum atomic E-state index is -4.39.